The molecule has 2 N–H and O–H groups in total. The summed E-state index contributed by atoms with van der Waals surface area (Å²) >= 11 is 12.4. The summed E-state index contributed by atoms with van der Waals surface area (Å²) in [6, 6.07) is 12.7. The zero-order valence-corrected chi connectivity index (χ0v) is 21.0. The molecule has 36 heavy (non-hydrogen) atoms. The van der Waals surface area contributed by atoms with E-state index >= 15 is 0 Å². The predicted octanol–water partition coefficient (Wildman–Crippen LogP) is 3.88. The van der Waals surface area contributed by atoms with Crippen molar-refractivity contribution in [2.24, 2.45) is 0 Å². The summed E-state index contributed by atoms with van der Waals surface area (Å²) in [5.74, 6) is 1.50. The third-order valence-electron chi connectivity index (χ3n) is 6.04. The number of benzene rings is 2. The van der Waals surface area contributed by atoms with Crippen LogP contribution in [0, 0.1) is 0 Å². The predicted molar refractivity (Wildman–Crippen MR) is 140 cm³/mol. The Morgan fingerprint density at radius 1 is 1.06 bits per heavy atom. The molecule has 0 bridgehead atoms. The lowest BCUT2D eigenvalue weighted by molar-refractivity contribution is -0.130. The molecule has 0 aliphatic carbocycles. The Bertz CT molecular complexity index is 1440. The Balaban J connectivity index is 1.33. The normalized spacial score (nSPS) is 13.8. The number of carbonyl (C=O) groups excluding carboxylic acids is 1. The van der Waals surface area contributed by atoms with Crippen LogP contribution in [0.5, 0.6) is 5.75 Å². The molecular formula is C25H23Cl2N7O2. The highest BCUT2D eigenvalue weighted by Gasteiger charge is 2.25. The van der Waals surface area contributed by atoms with Crippen molar-refractivity contribution in [2.75, 3.05) is 43.9 Å². The number of nitrogens with two attached hydrogens (primary N) is 1. The number of anilines is 2. The van der Waals surface area contributed by atoms with Gasteiger partial charge in [-0.1, -0.05) is 35.3 Å². The van der Waals surface area contributed by atoms with Gasteiger partial charge in [-0.3, -0.25) is 4.79 Å². The van der Waals surface area contributed by atoms with Crippen molar-refractivity contribution in [1.82, 2.24) is 24.8 Å². The molecule has 0 atom stereocenters. The number of aromatic nitrogens is 4. The number of fused-ring (bicyclic) bond motifs is 1. The van der Waals surface area contributed by atoms with Crippen LogP contribution in [0.3, 0.4) is 0 Å². The monoisotopic (exact) mass is 523 g/mol. The minimum absolute atomic E-state index is 0.0687. The molecule has 3 heterocycles. The Morgan fingerprint density at radius 2 is 1.86 bits per heavy atom. The first kappa shape index (κ1) is 24.0. The molecule has 2 aromatic carbocycles. The second-order valence-corrected chi connectivity index (χ2v) is 9.20. The van der Waals surface area contributed by atoms with Crippen molar-refractivity contribution in [1.29, 1.82) is 0 Å². The van der Waals surface area contributed by atoms with E-state index in [4.69, 9.17) is 33.7 Å². The van der Waals surface area contributed by atoms with E-state index in [0.717, 1.165) is 11.3 Å². The molecule has 2 aromatic heterocycles. The van der Waals surface area contributed by atoms with Gasteiger partial charge in [0.25, 0.3) is 0 Å². The van der Waals surface area contributed by atoms with Crippen molar-refractivity contribution in [2.45, 2.75) is 6.42 Å². The number of hydrogen-bond acceptors (Lipinski definition) is 8. The number of nitrogen functional groups attached to an aromatic ring is 1. The SMILES string of the molecule is COc1cccc(CC(=O)N2CCN(c3nc(N)nc4nc(-c5ccc(Cl)cc5Cl)cnc34)CC2)c1. The zero-order valence-electron chi connectivity index (χ0n) is 19.5. The minimum Gasteiger partial charge on any atom is -0.497 e. The van der Waals surface area contributed by atoms with Crippen LogP contribution in [-0.4, -0.2) is 64.0 Å². The smallest absolute Gasteiger partial charge is 0.227 e. The summed E-state index contributed by atoms with van der Waals surface area (Å²) < 4.78 is 5.26. The fraction of sp³-hybridized carbons (Fsp3) is 0.240. The summed E-state index contributed by atoms with van der Waals surface area (Å²) in [6.45, 7) is 2.28. The number of piperazine rings is 1. The van der Waals surface area contributed by atoms with E-state index in [0.29, 0.717) is 70.9 Å². The zero-order chi connectivity index (χ0) is 25.2. The molecule has 0 spiro atoms. The van der Waals surface area contributed by atoms with Crippen LogP contribution >= 0.6 is 23.2 Å². The van der Waals surface area contributed by atoms with Crippen molar-refractivity contribution >= 4 is 52.0 Å². The van der Waals surface area contributed by atoms with Crippen LogP contribution in [0.4, 0.5) is 11.8 Å². The van der Waals surface area contributed by atoms with Crippen LogP contribution in [0.2, 0.25) is 10.0 Å². The maximum atomic E-state index is 12.9. The van der Waals surface area contributed by atoms with E-state index < -0.39 is 0 Å². The Labute approximate surface area is 217 Å². The van der Waals surface area contributed by atoms with E-state index in [1.54, 1.807) is 31.5 Å². The largest absolute Gasteiger partial charge is 0.497 e. The fourth-order valence-electron chi connectivity index (χ4n) is 4.19. The Kier molecular flexibility index (Phi) is 6.75. The quantitative estimate of drug-likeness (QED) is 0.419. The molecule has 0 unspecified atom stereocenters. The highest BCUT2D eigenvalue weighted by Crippen LogP contribution is 2.31. The highest BCUT2D eigenvalue weighted by molar-refractivity contribution is 6.36. The van der Waals surface area contributed by atoms with Gasteiger partial charge in [0.05, 0.1) is 30.4 Å². The summed E-state index contributed by atoms with van der Waals surface area (Å²) in [4.78, 5) is 34.8. The number of carbonyl (C=O) groups is 1. The number of rotatable bonds is 5. The summed E-state index contributed by atoms with van der Waals surface area (Å²) in [7, 11) is 1.61. The van der Waals surface area contributed by atoms with Gasteiger partial charge in [-0.15, -0.1) is 0 Å². The molecule has 1 aliphatic heterocycles. The third kappa shape index (κ3) is 4.98. The molecule has 184 valence electrons. The van der Waals surface area contributed by atoms with Gasteiger partial charge in [0, 0.05) is 36.8 Å². The van der Waals surface area contributed by atoms with Gasteiger partial charge < -0.3 is 20.3 Å². The van der Waals surface area contributed by atoms with Crippen molar-refractivity contribution in [3.63, 3.8) is 0 Å². The molecule has 0 radical (unpaired) electrons. The fourth-order valence-corrected chi connectivity index (χ4v) is 4.70. The molecule has 4 aromatic rings. The molecular weight excluding hydrogens is 501 g/mol. The van der Waals surface area contributed by atoms with Crippen LogP contribution in [0.1, 0.15) is 5.56 Å². The van der Waals surface area contributed by atoms with E-state index in [-0.39, 0.29) is 11.9 Å². The molecule has 1 fully saturated rings. The lowest BCUT2D eigenvalue weighted by Crippen LogP contribution is -2.49. The number of hydrogen-bond donors (Lipinski definition) is 1. The van der Waals surface area contributed by atoms with E-state index in [1.807, 2.05) is 29.2 Å². The van der Waals surface area contributed by atoms with Crippen molar-refractivity contribution in [3.05, 3.63) is 64.3 Å². The van der Waals surface area contributed by atoms with Gasteiger partial charge in [-0.25, -0.2) is 9.97 Å². The minimum atomic E-state index is 0.0687. The first-order valence-corrected chi connectivity index (χ1v) is 12.1. The number of halogens is 2. The maximum absolute atomic E-state index is 12.9. The van der Waals surface area contributed by atoms with Crippen molar-refractivity contribution < 1.29 is 9.53 Å². The van der Waals surface area contributed by atoms with Gasteiger partial charge in [0.15, 0.2) is 17.0 Å². The third-order valence-corrected chi connectivity index (χ3v) is 6.58. The van der Waals surface area contributed by atoms with E-state index in [9.17, 15) is 4.79 Å². The highest BCUT2D eigenvalue weighted by atomic mass is 35.5. The second-order valence-electron chi connectivity index (χ2n) is 8.35. The number of amides is 1. The molecule has 11 heteroatoms. The topological polar surface area (TPSA) is 110 Å². The lowest BCUT2D eigenvalue weighted by atomic mass is 10.1. The summed E-state index contributed by atoms with van der Waals surface area (Å²) in [5, 5.41) is 1.00. The van der Waals surface area contributed by atoms with Gasteiger partial charge in [0.2, 0.25) is 11.9 Å². The first-order valence-electron chi connectivity index (χ1n) is 11.3. The van der Waals surface area contributed by atoms with E-state index in [2.05, 4.69) is 24.8 Å². The Morgan fingerprint density at radius 3 is 2.61 bits per heavy atom. The van der Waals surface area contributed by atoms with Gasteiger partial charge >= 0.3 is 0 Å². The molecule has 0 saturated carbocycles. The second kappa shape index (κ2) is 10.1. The summed E-state index contributed by atoms with van der Waals surface area (Å²) in [6.07, 6.45) is 1.95. The van der Waals surface area contributed by atoms with Crippen LogP contribution in [0.25, 0.3) is 22.4 Å². The van der Waals surface area contributed by atoms with Gasteiger partial charge in [-0.05, 0) is 35.9 Å². The molecule has 1 aliphatic rings. The average molecular weight is 524 g/mol. The number of ether oxygens (including phenoxy) is 1. The maximum Gasteiger partial charge on any atom is 0.227 e. The molecule has 9 nitrogen and oxygen atoms in total. The van der Waals surface area contributed by atoms with Crippen LogP contribution in [-0.2, 0) is 11.2 Å². The number of nitrogens with zero attached hydrogens (tertiary/aromatic N) is 6. The van der Waals surface area contributed by atoms with Crippen LogP contribution in [0.15, 0.2) is 48.7 Å². The molecule has 1 saturated heterocycles. The Hall–Kier alpha value is -3.69. The first-order chi connectivity index (χ1) is 17.4. The average Bonchev–Trinajstić information content (AvgIpc) is 2.88. The van der Waals surface area contributed by atoms with Crippen LogP contribution < -0.4 is 15.4 Å². The standard InChI is InChI=1S/C25H23Cl2N7O2/c1-36-17-4-2-3-15(11-17)12-21(35)33-7-9-34(10-8-33)24-22-23(31-25(28)32-24)30-20(14-29-22)18-6-5-16(26)13-19(18)27/h2-6,11,13-14H,7-10,12H2,1H3,(H2,28,30,31,32). The van der Waals surface area contributed by atoms with Crippen molar-refractivity contribution in [3.8, 4) is 17.0 Å². The number of methoxy groups -OCH3 is 1. The lowest BCUT2D eigenvalue weighted by Gasteiger charge is -2.35. The van der Waals surface area contributed by atoms with Gasteiger partial charge in [-0.2, -0.15) is 9.97 Å². The van der Waals surface area contributed by atoms with Gasteiger partial charge in [0.1, 0.15) is 5.75 Å². The molecule has 5 rings (SSSR count). The van der Waals surface area contributed by atoms with E-state index in [1.165, 1.54) is 0 Å². The summed E-state index contributed by atoms with van der Waals surface area (Å²) in [5.41, 5.74) is 9.10. The molecule has 1 amide bonds.